The Morgan fingerprint density at radius 3 is 2.56 bits per heavy atom. The normalized spacial score (nSPS) is 10.8. The topological polar surface area (TPSA) is 25.8 Å². The van der Waals surface area contributed by atoms with E-state index in [1.807, 2.05) is 23.9 Å². The van der Waals surface area contributed by atoms with E-state index in [1.165, 1.54) is 36.6 Å². The molecule has 102 valence electrons. The molecule has 2 N–H and O–H groups in total. The Kier molecular flexibility index (Phi) is 9.40. The molecule has 0 unspecified atom stereocenters. The molecule has 18 heavy (non-hydrogen) atoms. The first-order valence-corrected chi connectivity index (χ1v) is 7.88. The molecule has 2 nitrogen and oxygen atoms in total. The lowest BCUT2D eigenvalue weighted by Crippen LogP contribution is -2.84. The van der Waals surface area contributed by atoms with Gasteiger partial charge in [0.05, 0.1) is 19.7 Å². The number of thioether (sulfide) groups is 1. The minimum atomic E-state index is 0.810. The van der Waals surface area contributed by atoms with E-state index >= 15 is 0 Å². The third kappa shape index (κ3) is 7.98. The summed E-state index contributed by atoms with van der Waals surface area (Å²) >= 11 is 7.75. The van der Waals surface area contributed by atoms with Crippen LogP contribution in [0.1, 0.15) is 19.3 Å². The van der Waals surface area contributed by atoms with E-state index in [2.05, 4.69) is 17.4 Å². The van der Waals surface area contributed by atoms with Crippen LogP contribution in [-0.2, 0) is 4.74 Å². The molecule has 0 aliphatic carbocycles. The first-order chi connectivity index (χ1) is 8.83. The zero-order chi connectivity index (χ0) is 13.1. The second-order valence-electron chi connectivity index (χ2n) is 4.22. The van der Waals surface area contributed by atoms with E-state index < -0.39 is 0 Å². The highest BCUT2D eigenvalue weighted by Crippen LogP contribution is 2.21. The van der Waals surface area contributed by atoms with Gasteiger partial charge >= 0.3 is 0 Å². The SMILES string of the molecule is COCCC[NH2+]CCCCSc1ccc(Cl)cc1. The number of halogens is 1. The van der Waals surface area contributed by atoms with Crippen molar-refractivity contribution in [3.05, 3.63) is 29.3 Å². The van der Waals surface area contributed by atoms with Crippen LogP contribution in [0.25, 0.3) is 0 Å². The summed E-state index contributed by atoms with van der Waals surface area (Å²) in [5, 5.41) is 3.19. The second kappa shape index (κ2) is 10.7. The Morgan fingerprint density at radius 2 is 1.83 bits per heavy atom. The Hall–Kier alpha value is -0.220. The largest absolute Gasteiger partial charge is 0.384 e. The fourth-order valence-corrected chi connectivity index (χ4v) is 2.67. The van der Waals surface area contributed by atoms with Crippen molar-refractivity contribution in [3.8, 4) is 0 Å². The Labute approximate surface area is 119 Å². The Morgan fingerprint density at radius 1 is 1.11 bits per heavy atom. The lowest BCUT2D eigenvalue weighted by Gasteiger charge is -2.03. The van der Waals surface area contributed by atoms with E-state index in [0.717, 1.165) is 18.1 Å². The van der Waals surface area contributed by atoms with Crippen LogP contribution in [-0.4, -0.2) is 32.6 Å². The maximum absolute atomic E-state index is 5.84. The van der Waals surface area contributed by atoms with E-state index in [1.54, 1.807) is 7.11 Å². The van der Waals surface area contributed by atoms with Gasteiger partial charge in [0.1, 0.15) is 0 Å². The predicted octanol–water partition coefficient (Wildman–Crippen LogP) is 2.81. The molecule has 1 rings (SSSR count). The van der Waals surface area contributed by atoms with Gasteiger partial charge in [0.15, 0.2) is 0 Å². The highest BCUT2D eigenvalue weighted by Gasteiger charge is 1.96. The first kappa shape index (κ1) is 15.8. The number of quaternary nitrogens is 1. The molecule has 0 saturated carbocycles. The maximum atomic E-state index is 5.84. The van der Waals surface area contributed by atoms with E-state index in [0.29, 0.717) is 0 Å². The van der Waals surface area contributed by atoms with E-state index in [-0.39, 0.29) is 0 Å². The number of hydrogen-bond donors (Lipinski definition) is 1. The van der Waals surface area contributed by atoms with Crippen LogP contribution in [0.2, 0.25) is 5.02 Å². The van der Waals surface area contributed by atoms with Crippen molar-refractivity contribution in [2.24, 2.45) is 0 Å². The van der Waals surface area contributed by atoms with Gasteiger partial charge in [-0.25, -0.2) is 0 Å². The van der Waals surface area contributed by atoms with Crippen LogP contribution in [0.15, 0.2) is 29.2 Å². The van der Waals surface area contributed by atoms with Gasteiger partial charge in [0.25, 0.3) is 0 Å². The molecule has 0 aliphatic rings. The summed E-state index contributed by atoms with van der Waals surface area (Å²) in [6, 6.07) is 8.08. The molecule has 4 heteroatoms. The van der Waals surface area contributed by atoms with Gasteiger partial charge in [-0.3, -0.25) is 0 Å². The zero-order valence-corrected chi connectivity index (χ0v) is 12.6. The Balaban J connectivity index is 1.91. The van der Waals surface area contributed by atoms with Crippen molar-refractivity contribution < 1.29 is 10.1 Å². The van der Waals surface area contributed by atoms with E-state index in [4.69, 9.17) is 16.3 Å². The number of nitrogens with two attached hydrogens (primary N) is 1. The van der Waals surface area contributed by atoms with Crippen LogP contribution < -0.4 is 5.32 Å². The van der Waals surface area contributed by atoms with Crippen molar-refractivity contribution in [1.82, 2.24) is 0 Å². The average Bonchev–Trinajstić information content (AvgIpc) is 2.39. The third-order valence-corrected chi connectivity index (χ3v) is 3.99. The highest BCUT2D eigenvalue weighted by molar-refractivity contribution is 7.99. The molecule has 0 aliphatic heterocycles. The monoisotopic (exact) mass is 288 g/mol. The summed E-state index contributed by atoms with van der Waals surface area (Å²) in [5.74, 6) is 1.19. The quantitative estimate of drug-likeness (QED) is 0.529. The number of ether oxygens (including phenoxy) is 1. The summed E-state index contributed by atoms with van der Waals surface area (Å²) in [7, 11) is 1.76. The highest BCUT2D eigenvalue weighted by atomic mass is 35.5. The van der Waals surface area contributed by atoms with Crippen molar-refractivity contribution in [1.29, 1.82) is 0 Å². The molecule has 1 aromatic rings. The smallest absolute Gasteiger partial charge is 0.0777 e. The average molecular weight is 289 g/mol. The van der Waals surface area contributed by atoms with Gasteiger partial charge in [0.2, 0.25) is 0 Å². The molecule has 0 amide bonds. The molecule has 0 radical (unpaired) electrons. The fraction of sp³-hybridized carbons (Fsp3) is 0.571. The molecular weight excluding hydrogens is 266 g/mol. The van der Waals surface area contributed by atoms with Gasteiger partial charge in [-0.2, -0.15) is 0 Å². The standard InChI is InChI=1S/C14H22ClNOS/c1-17-11-4-10-16-9-2-3-12-18-14-7-5-13(15)6-8-14/h5-8,16H,2-4,9-12H2,1H3/p+1. The minimum absolute atomic E-state index is 0.810. The van der Waals surface area contributed by atoms with Crippen molar-refractivity contribution in [2.45, 2.75) is 24.2 Å². The molecule has 0 fully saturated rings. The second-order valence-corrected chi connectivity index (χ2v) is 5.83. The maximum Gasteiger partial charge on any atom is 0.0777 e. The van der Waals surface area contributed by atoms with Crippen molar-refractivity contribution in [2.75, 3.05) is 32.6 Å². The molecule has 0 atom stereocenters. The molecule has 0 spiro atoms. The minimum Gasteiger partial charge on any atom is -0.384 e. The van der Waals surface area contributed by atoms with Crippen LogP contribution in [0.4, 0.5) is 0 Å². The molecule has 0 saturated heterocycles. The summed E-state index contributed by atoms with van der Waals surface area (Å²) < 4.78 is 5.01. The van der Waals surface area contributed by atoms with E-state index in [9.17, 15) is 0 Å². The number of rotatable bonds is 10. The van der Waals surface area contributed by atoms with Crippen LogP contribution in [0.3, 0.4) is 0 Å². The zero-order valence-electron chi connectivity index (χ0n) is 11.0. The lowest BCUT2D eigenvalue weighted by molar-refractivity contribution is -0.655. The van der Waals surface area contributed by atoms with Crippen molar-refractivity contribution in [3.63, 3.8) is 0 Å². The summed E-state index contributed by atoms with van der Waals surface area (Å²) in [6.07, 6.45) is 3.71. The van der Waals surface area contributed by atoms with Crippen LogP contribution in [0.5, 0.6) is 0 Å². The fourth-order valence-electron chi connectivity index (χ4n) is 1.63. The summed E-state index contributed by atoms with van der Waals surface area (Å²) in [6.45, 7) is 3.28. The number of unbranched alkanes of at least 4 members (excludes halogenated alkanes) is 1. The molecule has 0 aromatic heterocycles. The van der Waals surface area contributed by atoms with Crippen LogP contribution in [0, 0.1) is 0 Å². The molecule has 0 heterocycles. The molecule has 0 bridgehead atoms. The van der Waals surface area contributed by atoms with Gasteiger partial charge < -0.3 is 10.1 Å². The number of hydrogen-bond acceptors (Lipinski definition) is 2. The molecule has 1 aromatic carbocycles. The summed E-state index contributed by atoms with van der Waals surface area (Å²) in [4.78, 5) is 1.31. The number of benzene rings is 1. The van der Waals surface area contributed by atoms with Gasteiger partial charge in [0, 0.05) is 23.4 Å². The third-order valence-electron chi connectivity index (χ3n) is 2.64. The predicted molar refractivity (Wildman–Crippen MR) is 79.6 cm³/mol. The molecular formula is C14H23ClNOS+. The van der Waals surface area contributed by atoms with Gasteiger partial charge in [-0.05, 0) is 42.9 Å². The number of methoxy groups -OCH3 is 1. The van der Waals surface area contributed by atoms with Gasteiger partial charge in [-0.15, -0.1) is 11.8 Å². The van der Waals surface area contributed by atoms with Gasteiger partial charge in [-0.1, -0.05) is 11.6 Å². The lowest BCUT2D eigenvalue weighted by atomic mass is 10.3. The van der Waals surface area contributed by atoms with Crippen molar-refractivity contribution >= 4 is 23.4 Å². The summed E-state index contributed by atoms with van der Waals surface area (Å²) in [5.41, 5.74) is 0. The Bertz CT molecular complexity index is 305. The van der Waals surface area contributed by atoms with Crippen LogP contribution >= 0.6 is 23.4 Å². The first-order valence-electron chi connectivity index (χ1n) is 6.52.